The molecule has 0 amide bonds. The first-order valence-electron chi connectivity index (χ1n) is 5.11. The molecule has 4 nitrogen and oxygen atoms in total. The number of hydrogen-bond acceptors (Lipinski definition) is 4. The summed E-state index contributed by atoms with van der Waals surface area (Å²) in [4.78, 5) is 8.00. The summed E-state index contributed by atoms with van der Waals surface area (Å²) in [6.07, 6.45) is 1.65. The third-order valence-corrected chi connectivity index (χ3v) is 2.14. The van der Waals surface area contributed by atoms with Crippen molar-refractivity contribution in [1.82, 2.24) is 9.97 Å². The number of rotatable bonds is 3. The Morgan fingerprint density at radius 2 is 1.94 bits per heavy atom. The Morgan fingerprint density at radius 1 is 1.19 bits per heavy atom. The van der Waals surface area contributed by atoms with Gasteiger partial charge in [-0.05, 0) is 37.3 Å². The average Bonchev–Trinajstić information content (AvgIpc) is 2.30. The highest BCUT2D eigenvalue weighted by molar-refractivity contribution is 5.60. The second-order valence-corrected chi connectivity index (χ2v) is 3.26. The molecule has 1 heterocycles. The van der Waals surface area contributed by atoms with Crippen molar-refractivity contribution in [2.24, 2.45) is 0 Å². The van der Waals surface area contributed by atoms with Gasteiger partial charge in [0.1, 0.15) is 5.75 Å². The number of nitrogens with two attached hydrogens (primary N) is 1. The molecule has 0 atom stereocenters. The van der Waals surface area contributed by atoms with E-state index >= 15 is 0 Å². The SMILES string of the molecule is CCOc1ccc(-c2ccnc(N)n2)cc1. The molecule has 0 radical (unpaired) electrons. The van der Waals surface area contributed by atoms with Gasteiger partial charge in [0.25, 0.3) is 0 Å². The van der Waals surface area contributed by atoms with Gasteiger partial charge in [-0.1, -0.05) is 0 Å². The van der Waals surface area contributed by atoms with Crippen LogP contribution in [0.3, 0.4) is 0 Å². The molecule has 2 rings (SSSR count). The fourth-order valence-corrected chi connectivity index (χ4v) is 1.42. The molecule has 0 aliphatic rings. The minimum atomic E-state index is 0.284. The van der Waals surface area contributed by atoms with Crippen molar-refractivity contribution in [1.29, 1.82) is 0 Å². The van der Waals surface area contributed by atoms with E-state index in [0.29, 0.717) is 6.61 Å². The Balaban J connectivity index is 2.27. The lowest BCUT2D eigenvalue weighted by Gasteiger charge is -2.04. The number of hydrogen-bond donors (Lipinski definition) is 1. The van der Waals surface area contributed by atoms with Crippen LogP contribution in [0, 0.1) is 0 Å². The largest absolute Gasteiger partial charge is 0.494 e. The van der Waals surface area contributed by atoms with Crippen molar-refractivity contribution in [3.05, 3.63) is 36.5 Å². The Labute approximate surface area is 94.1 Å². The lowest BCUT2D eigenvalue weighted by molar-refractivity contribution is 0.340. The van der Waals surface area contributed by atoms with Crippen molar-refractivity contribution in [3.63, 3.8) is 0 Å². The van der Waals surface area contributed by atoms with Crippen molar-refractivity contribution in [2.75, 3.05) is 12.3 Å². The highest BCUT2D eigenvalue weighted by Gasteiger charge is 2.00. The van der Waals surface area contributed by atoms with Gasteiger partial charge in [-0.3, -0.25) is 0 Å². The average molecular weight is 215 g/mol. The van der Waals surface area contributed by atoms with Gasteiger partial charge in [0, 0.05) is 11.8 Å². The topological polar surface area (TPSA) is 61.0 Å². The van der Waals surface area contributed by atoms with Crippen LogP contribution in [0.25, 0.3) is 11.3 Å². The molecule has 82 valence electrons. The van der Waals surface area contributed by atoms with Crippen LogP contribution in [0.15, 0.2) is 36.5 Å². The van der Waals surface area contributed by atoms with Gasteiger partial charge in [0.2, 0.25) is 5.95 Å². The molecule has 0 unspecified atom stereocenters. The first-order chi connectivity index (χ1) is 7.79. The molecule has 0 saturated heterocycles. The van der Waals surface area contributed by atoms with Crippen molar-refractivity contribution < 1.29 is 4.74 Å². The zero-order chi connectivity index (χ0) is 11.4. The molecule has 1 aromatic carbocycles. The molecule has 0 bridgehead atoms. The normalized spacial score (nSPS) is 10.1. The van der Waals surface area contributed by atoms with Crippen molar-refractivity contribution >= 4 is 5.95 Å². The predicted octanol–water partition coefficient (Wildman–Crippen LogP) is 2.12. The van der Waals surface area contributed by atoms with E-state index in [1.807, 2.05) is 37.3 Å². The van der Waals surface area contributed by atoms with Crippen LogP contribution in [0.1, 0.15) is 6.92 Å². The quantitative estimate of drug-likeness (QED) is 0.851. The molecule has 2 N–H and O–H groups in total. The second kappa shape index (κ2) is 4.61. The molecule has 0 saturated carbocycles. The summed E-state index contributed by atoms with van der Waals surface area (Å²) in [6, 6.07) is 9.56. The van der Waals surface area contributed by atoms with Crippen LogP contribution in [0.4, 0.5) is 5.95 Å². The summed E-state index contributed by atoms with van der Waals surface area (Å²) in [5.74, 6) is 1.14. The maximum atomic E-state index is 5.53. The molecule has 0 aliphatic carbocycles. The summed E-state index contributed by atoms with van der Waals surface area (Å²) >= 11 is 0. The van der Waals surface area contributed by atoms with Gasteiger partial charge < -0.3 is 10.5 Å². The maximum Gasteiger partial charge on any atom is 0.220 e. The van der Waals surface area contributed by atoms with Gasteiger partial charge in [0.05, 0.1) is 12.3 Å². The van der Waals surface area contributed by atoms with Crippen LogP contribution in [-0.2, 0) is 0 Å². The Morgan fingerprint density at radius 3 is 2.56 bits per heavy atom. The van der Waals surface area contributed by atoms with Gasteiger partial charge in [-0.2, -0.15) is 0 Å². The zero-order valence-electron chi connectivity index (χ0n) is 9.05. The predicted molar refractivity (Wildman–Crippen MR) is 63.0 cm³/mol. The lowest BCUT2D eigenvalue weighted by Crippen LogP contribution is -1.95. The summed E-state index contributed by atoms with van der Waals surface area (Å²) in [7, 11) is 0. The minimum absolute atomic E-state index is 0.284. The molecular weight excluding hydrogens is 202 g/mol. The highest BCUT2D eigenvalue weighted by Crippen LogP contribution is 2.20. The highest BCUT2D eigenvalue weighted by atomic mass is 16.5. The summed E-state index contributed by atoms with van der Waals surface area (Å²) in [5, 5.41) is 0. The maximum absolute atomic E-state index is 5.53. The molecule has 16 heavy (non-hydrogen) atoms. The van der Waals surface area contributed by atoms with Gasteiger partial charge in [-0.15, -0.1) is 0 Å². The van der Waals surface area contributed by atoms with E-state index < -0.39 is 0 Å². The van der Waals surface area contributed by atoms with E-state index in [0.717, 1.165) is 17.0 Å². The van der Waals surface area contributed by atoms with Crippen molar-refractivity contribution in [3.8, 4) is 17.0 Å². The van der Waals surface area contributed by atoms with Crippen LogP contribution in [-0.4, -0.2) is 16.6 Å². The van der Waals surface area contributed by atoms with E-state index in [1.165, 1.54) is 0 Å². The van der Waals surface area contributed by atoms with Gasteiger partial charge in [-0.25, -0.2) is 9.97 Å². The number of aromatic nitrogens is 2. The standard InChI is InChI=1S/C12H13N3O/c1-2-16-10-5-3-9(4-6-10)11-7-8-14-12(13)15-11/h3-8H,2H2,1H3,(H2,13,14,15). The first kappa shape index (κ1) is 10.4. The number of nitrogens with zero attached hydrogens (tertiary/aromatic N) is 2. The van der Waals surface area contributed by atoms with Crippen LogP contribution in [0.5, 0.6) is 5.75 Å². The smallest absolute Gasteiger partial charge is 0.220 e. The molecule has 0 aliphatic heterocycles. The number of nitrogen functional groups attached to an aromatic ring is 1. The molecule has 0 fully saturated rings. The lowest BCUT2D eigenvalue weighted by atomic mass is 10.1. The number of anilines is 1. The van der Waals surface area contributed by atoms with E-state index in [9.17, 15) is 0 Å². The number of ether oxygens (including phenoxy) is 1. The fraction of sp³-hybridized carbons (Fsp3) is 0.167. The Hall–Kier alpha value is -2.10. The third kappa shape index (κ3) is 2.28. The van der Waals surface area contributed by atoms with Gasteiger partial charge >= 0.3 is 0 Å². The second-order valence-electron chi connectivity index (χ2n) is 3.26. The molecule has 1 aromatic heterocycles. The summed E-state index contributed by atoms with van der Waals surface area (Å²) in [5.41, 5.74) is 7.34. The fourth-order valence-electron chi connectivity index (χ4n) is 1.42. The minimum Gasteiger partial charge on any atom is -0.494 e. The monoisotopic (exact) mass is 215 g/mol. The summed E-state index contributed by atoms with van der Waals surface area (Å²) in [6.45, 7) is 2.62. The van der Waals surface area contributed by atoms with Gasteiger partial charge in [0.15, 0.2) is 0 Å². The first-order valence-corrected chi connectivity index (χ1v) is 5.11. The molecule has 0 spiro atoms. The molecule has 4 heteroatoms. The van der Waals surface area contributed by atoms with E-state index in [4.69, 9.17) is 10.5 Å². The zero-order valence-corrected chi connectivity index (χ0v) is 9.05. The van der Waals surface area contributed by atoms with Crippen LogP contribution in [0.2, 0.25) is 0 Å². The molecule has 2 aromatic rings. The summed E-state index contributed by atoms with van der Waals surface area (Å²) < 4.78 is 5.36. The Kier molecular flexibility index (Phi) is 3.00. The van der Waals surface area contributed by atoms with E-state index in [1.54, 1.807) is 6.20 Å². The van der Waals surface area contributed by atoms with Crippen LogP contribution >= 0.6 is 0 Å². The van der Waals surface area contributed by atoms with Crippen molar-refractivity contribution in [2.45, 2.75) is 6.92 Å². The third-order valence-electron chi connectivity index (χ3n) is 2.14. The van der Waals surface area contributed by atoms with E-state index in [-0.39, 0.29) is 5.95 Å². The number of benzene rings is 1. The Bertz CT molecular complexity index is 468. The molecular formula is C12H13N3O. The van der Waals surface area contributed by atoms with Crippen LogP contribution < -0.4 is 10.5 Å². The van der Waals surface area contributed by atoms with E-state index in [2.05, 4.69) is 9.97 Å².